The number of pyridine rings is 1. The van der Waals surface area contributed by atoms with Gasteiger partial charge in [0.2, 0.25) is 0 Å². The van der Waals surface area contributed by atoms with Crippen molar-refractivity contribution in [1.82, 2.24) is 15.2 Å². The maximum absolute atomic E-state index is 5.33. The number of likely N-dealkylation sites (tertiary alicyclic amines) is 1. The van der Waals surface area contributed by atoms with Gasteiger partial charge in [-0.2, -0.15) is 0 Å². The molecule has 1 aromatic heterocycles. The van der Waals surface area contributed by atoms with E-state index in [4.69, 9.17) is 6.42 Å². The zero-order valence-corrected chi connectivity index (χ0v) is 11.0. The van der Waals surface area contributed by atoms with E-state index < -0.39 is 0 Å². The third-order valence-electron chi connectivity index (χ3n) is 3.63. The van der Waals surface area contributed by atoms with Gasteiger partial charge in [-0.1, -0.05) is 5.92 Å². The highest BCUT2D eigenvalue weighted by Gasteiger charge is 2.17. The normalized spacial score (nSPS) is 17.6. The van der Waals surface area contributed by atoms with Crippen molar-refractivity contribution in [3.63, 3.8) is 0 Å². The molecular formula is C15H21N3. The third kappa shape index (κ3) is 3.56. The molecule has 2 heterocycles. The Kier molecular flexibility index (Phi) is 4.74. The number of hydrogen-bond donors (Lipinski definition) is 1. The first-order valence-corrected chi connectivity index (χ1v) is 6.58. The van der Waals surface area contributed by atoms with Crippen LogP contribution in [0.15, 0.2) is 18.5 Å². The molecule has 0 aliphatic carbocycles. The molecule has 1 aromatic rings. The van der Waals surface area contributed by atoms with Crippen LogP contribution in [-0.4, -0.2) is 35.6 Å². The van der Waals surface area contributed by atoms with Crippen molar-refractivity contribution < 1.29 is 0 Å². The molecule has 0 unspecified atom stereocenters. The van der Waals surface area contributed by atoms with Gasteiger partial charge in [0.15, 0.2) is 0 Å². The number of terminal acetylenes is 1. The molecule has 1 aliphatic heterocycles. The Morgan fingerprint density at radius 1 is 1.50 bits per heavy atom. The summed E-state index contributed by atoms with van der Waals surface area (Å²) in [5.74, 6) is 2.71. The molecule has 0 radical (unpaired) electrons. The van der Waals surface area contributed by atoms with Gasteiger partial charge in [-0.3, -0.25) is 9.88 Å². The lowest BCUT2D eigenvalue weighted by atomic mass is 10.0. The van der Waals surface area contributed by atoms with Crippen LogP contribution in [0.5, 0.6) is 0 Å². The van der Waals surface area contributed by atoms with Crippen LogP contribution in [-0.2, 0) is 6.54 Å². The van der Waals surface area contributed by atoms with E-state index in [9.17, 15) is 0 Å². The number of aromatic nitrogens is 1. The molecule has 0 amide bonds. The lowest BCUT2D eigenvalue weighted by Gasteiger charge is -2.31. The molecule has 0 saturated carbocycles. The molecule has 0 spiro atoms. The van der Waals surface area contributed by atoms with Gasteiger partial charge in [0.1, 0.15) is 0 Å². The molecule has 0 aromatic carbocycles. The Hall–Kier alpha value is -1.37. The minimum absolute atomic E-state index is 0.610. The van der Waals surface area contributed by atoms with Gasteiger partial charge < -0.3 is 5.32 Å². The van der Waals surface area contributed by atoms with Crippen molar-refractivity contribution in [2.45, 2.75) is 32.4 Å². The van der Waals surface area contributed by atoms with Crippen LogP contribution >= 0.6 is 0 Å². The number of nitrogens with one attached hydrogen (secondary N) is 1. The second-order valence-electron chi connectivity index (χ2n) is 4.94. The standard InChI is InChI=1S/C15H21N3/c1-3-8-18-9-5-15(6-10-18)17-12-14-11-16-7-4-13(14)2/h1,4,7,11,15,17H,5-6,8-10,12H2,2H3. The topological polar surface area (TPSA) is 28.2 Å². The largest absolute Gasteiger partial charge is 0.310 e. The Morgan fingerprint density at radius 3 is 2.94 bits per heavy atom. The second kappa shape index (κ2) is 6.53. The van der Waals surface area contributed by atoms with Gasteiger partial charge in [-0.05, 0) is 37.0 Å². The molecule has 3 heteroatoms. The minimum atomic E-state index is 0.610. The molecule has 96 valence electrons. The summed E-state index contributed by atoms with van der Waals surface area (Å²) in [6.45, 7) is 6.05. The van der Waals surface area contributed by atoms with E-state index in [0.29, 0.717) is 6.04 Å². The van der Waals surface area contributed by atoms with E-state index in [0.717, 1.165) is 26.2 Å². The first kappa shape index (κ1) is 13.1. The highest BCUT2D eigenvalue weighted by Crippen LogP contribution is 2.11. The average molecular weight is 243 g/mol. The number of nitrogens with zero attached hydrogens (tertiary/aromatic N) is 2. The summed E-state index contributed by atoms with van der Waals surface area (Å²) in [4.78, 5) is 6.52. The van der Waals surface area contributed by atoms with Crippen molar-refractivity contribution in [3.05, 3.63) is 29.6 Å². The van der Waals surface area contributed by atoms with Crippen LogP contribution < -0.4 is 5.32 Å². The van der Waals surface area contributed by atoms with E-state index in [1.165, 1.54) is 24.0 Å². The molecule has 1 fully saturated rings. The Bertz CT molecular complexity index is 414. The van der Waals surface area contributed by atoms with Crippen molar-refractivity contribution in [1.29, 1.82) is 0 Å². The van der Waals surface area contributed by atoms with Gasteiger partial charge in [0.05, 0.1) is 6.54 Å². The summed E-state index contributed by atoms with van der Waals surface area (Å²) in [7, 11) is 0. The molecule has 1 N–H and O–H groups in total. The lowest BCUT2D eigenvalue weighted by molar-refractivity contribution is 0.217. The fourth-order valence-corrected chi connectivity index (χ4v) is 2.36. The zero-order valence-electron chi connectivity index (χ0n) is 11.0. The fraction of sp³-hybridized carbons (Fsp3) is 0.533. The number of aryl methyl sites for hydroxylation is 1. The Morgan fingerprint density at radius 2 is 2.28 bits per heavy atom. The third-order valence-corrected chi connectivity index (χ3v) is 3.63. The molecule has 0 atom stereocenters. The molecule has 1 saturated heterocycles. The van der Waals surface area contributed by atoms with Crippen molar-refractivity contribution in [2.24, 2.45) is 0 Å². The summed E-state index contributed by atoms with van der Waals surface area (Å²) in [6, 6.07) is 2.67. The van der Waals surface area contributed by atoms with Crippen LogP contribution in [0, 0.1) is 19.3 Å². The SMILES string of the molecule is C#CCN1CCC(NCc2cnccc2C)CC1. The predicted octanol–water partition coefficient (Wildman–Crippen LogP) is 1.58. The maximum Gasteiger partial charge on any atom is 0.0598 e. The van der Waals surface area contributed by atoms with Crippen molar-refractivity contribution in [2.75, 3.05) is 19.6 Å². The van der Waals surface area contributed by atoms with E-state index in [1.54, 1.807) is 0 Å². The predicted molar refractivity (Wildman–Crippen MR) is 74.1 cm³/mol. The van der Waals surface area contributed by atoms with Gasteiger partial charge in [-0.15, -0.1) is 6.42 Å². The van der Waals surface area contributed by atoms with Crippen LogP contribution in [0.2, 0.25) is 0 Å². The monoisotopic (exact) mass is 243 g/mol. The minimum Gasteiger partial charge on any atom is -0.310 e. The second-order valence-corrected chi connectivity index (χ2v) is 4.94. The summed E-state index contributed by atoms with van der Waals surface area (Å²) in [6.07, 6.45) is 11.5. The number of rotatable bonds is 4. The summed E-state index contributed by atoms with van der Waals surface area (Å²) >= 11 is 0. The summed E-state index contributed by atoms with van der Waals surface area (Å²) in [5, 5.41) is 3.62. The number of piperidine rings is 1. The van der Waals surface area contributed by atoms with E-state index >= 15 is 0 Å². The Labute approximate surface area is 110 Å². The van der Waals surface area contributed by atoms with Crippen molar-refractivity contribution in [3.8, 4) is 12.3 Å². The van der Waals surface area contributed by atoms with Crippen LogP contribution in [0.25, 0.3) is 0 Å². The molecule has 2 rings (SSSR count). The fourth-order valence-electron chi connectivity index (χ4n) is 2.36. The zero-order chi connectivity index (χ0) is 12.8. The average Bonchev–Trinajstić information content (AvgIpc) is 2.40. The Balaban J connectivity index is 1.76. The molecule has 18 heavy (non-hydrogen) atoms. The molecular weight excluding hydrogens is 222 g/mol. The van der Waals surface area contributed by atoms with E-state index in [-0.39, 0.29) is 0 Å². The van der Waals surface area contributed by atoms with E-state index in [2.05, 4.69) is 34.1 Å². The van der Waals surface area contributed by atoms with E-state index in [1.807, 2.05) is 12.4 Å². The van der Waals surface area contributed by atoms with Crippen LogP contribution in [0.3, 0.4) is 0 Å². The summed E-state index contributed by atoms with van der Waals surface area (Å²) in [5.41, 5.74) is 2.60. The highest BCUT2D eigenvalue weighted by molar-refractivity contribution is 5.21. The summed E-state index contributed by atoms with van der Waals surface area (Å²) < 4.78 is 0. The van der Waals surface area contributed by atoms with Crippen LogP contribution in [0.4, 0.5) is 0 Å². The maximum atomic E-state index is 5.33. The van der Waals surface area contributed by atoms with Gasteiger partial charge in [-0.25, -0.2) is 0 Å². The lowest BCUT2D eigenvalue weighted by Crippen LogP contribution is -2.42. The quantitative estimate of drug-likeness (QED) is 0.814. The van der Waals surface area contributed by atoms with Gasteiger partial charge in [0.25, 0.3) is 0 Å². The first-order valence-electron chi connectivity index (χ1n) is 6.58. The highest BCUT2D eigenvalue weighted by atomic mass is 15.1. The smallest absolute Gasteiger partial charge is 0.0598 e. The van der Waals surface area contributed by atoms with Crippen LogP contribution in [0.1, 0.15) is 24.0 Å². The molecule has 3 nitrogen and oxygen atoms in total. The molecule has 0 bridgehead atoms. The molecule has 1 aliphatic rings. The van der Waals surface area contributed by atoms with Crippen molar-refractivity contribution >= 4 is 0 Å². The van der Waals surface area contributed by atoms with Gasteiger partial charge in [0, 0.05) is 38.1 Å². The van der Waals surface area contributed by atoms with Gasteiger partial charge >= 0.3 is 0 Å². The first-order chi connectivity index (χ1) is 8.79. The number of hydrogen-bond acceptors (Lipinski definition) is 3.